The Hall–Kier alpha value is -1.30. The number of hydrogen-bond donors (Lipinski definition) is 1. The van der Waals surface area contributed by atoms with Gasteiger partial charge in [0, 0.05) is 11.0 Å². The van der Waals surface area contributed by atoms with Gasteiger partial charge < -0.3 is 10.5 Å². The Morgan fingerprint density at radius 1 is 1.37 bits per heavy atom. The Kier molecular flexibility index (Phi) is 6.08. The van der Waals surface area contributed by atoms with Gasteiger partial charge in [-0.3, -0.25) is 4.79 Å². The van der Waals surface area contributed by atoms with Gasteiger partial charge in [-0.05, 0) is 18.9 Å². The Morgan fingerprint density at radius 2 is 2.05 bits per heavy atom. The van der Waals surface area contributed by atoms with Gasteiger partial charge in [-0.15, -0.1) is 11.8 Å². The molecule has 1 unspecified atom stereocenters. The number of carbonyl (C=O) groups excluding carboxylic acids is 1. The van der Waals surface area contributed by atoms with Gasteiger partial charge >= 0.3 is 5.97 Å². The monoisotopic (exact) mass is 289 g/mol. The quantitative estimate of drug-likeness (QED) is 0.495. The number of esters is 1. The fourth-order valence-corrected chi connectivity index (χ4v) is 2.39. The summed E-state index contributed by atoms with van der Waals surface area (Å²) in [4.78, 5) is 11.9. The molecule has 106 valence electrons. The lowest BCUT2D eigenvalue weighted by Crippen LogP contribution is -2.20. The number of hydrogen-bond acceptors (Lipinski definition) is 4. The zero-order valence-electron chi connectivity index (χ0n) is 10.9. The van der Waals surface area contributed by atoms with Crippen molar-refractivity contribution in [3.05, 3.63) is 23.8 Å². The van der Waals surface area contributed by atoms with Crippen molar-refractivity contribution in [2.75, 3.05) is 12.3 Å². The average Bonchev–Trinajstić information content (AvgIpc) is 2.38. The molecule has 1 atom stereocenters. The van der Waals surface area contributed by atoms with Gasteiger partial charge in [-0.25, -0.2) is 8.78 Å². The molecule has 0 spiro atoms. The molecule has 0 aliphatic heterocycles. The first-order valence-electron chi connectivity index (χ1n) is 6.07. The van der Waals surface area contributed by atoms with Crippen LogP contribution in [0.2, 0.25) is 0 Å². The summed E-state index contributed by atoms with van der Waals surface area (Å²) >= 11 is 1.00. The summed E-state index contributed by atoms with van der Waals surface area (Å²) in [6, 6.07) is 1.92. The lowest BCUT2D eigenvalue weighted by molar-refractivity contribution is -0.143. The summed E-state index contributed by atoms with van der Waals surface area (Å²) in [5, 5.41) is -0.522. The molecule has 0 bridgehead atoms. The summed E-state index contributed by atoms with van der Waals surface area (Å²) in [6.07, 6.45) is 1.22. The van der Waals surface area contributed by atoms with Crippen molar-refractivity contribution in [1.82, 2.24) is 0 Å². The van der Waals surface area contributed by atoms with E-state index in [9.17, 15) is 13.6 Å². The second-order valence-corrected chi connectivity index (χ2v) is 5.23. The normalized spacial score (nSPS) is 12.2. The lowest BCUT2D eigenvalue weighted by atomic mass is 10.3. The number of nitrogen functional groups attached to an aromatic ring is 1. The molecule has 0 saturated heterocycles. The van der Waals surface area contributed by atoms with E-state index in [1.165, 1.54) is 6.07 Å². The van der Waals surface area contributed by atoms with Crippen molar-refractivity contribution in [2.24, 2.45) is 0 Å². The summed E-state index contributed by atoms with van der Waals surface area (Å²) in [5.74, 6) is -1.92. The van der Waals surface area contributed by atoms with Crippen molar-refractivity contribution < 1.29 is 18.3 Å². The third kappa shape index (κ3) is 4.38. The molecular weight excluding hydrogens is 272 g/mol. The van der Waals surface area contributed by atoms with E-state index >= 15 is 0 Å². The van der Waals surface area contributed by atoms with E-state index in [1.807, 2.05) is 6.92 Å². The second-order valence-electron chi connectivity index (χ2n) is 3.99. The summed E-state index contributed by atoms with van der Waals surface area (Å²) in [7, 11) is 0. The summed E-state index contributed by atoms with van der Waals surface area (Å²) < 4.78 is 31.6. The first-order valence-corrected chi connectivity index (χ1v) is 6.95. The van der Waals surface area contributed by atoms with Gasteiger partial charge in [0.2, 0.25) is 0 Å². The number of anilines is 1. The van der Waals surface area contributed by atoms with Crippen molar-refractivity contribution >= 4 is 23.4 Å². The van der Waals surface area contributed by atoms with Crippen LogP contribution < -0.4 is 5.73 Å². The Bertz CT molecular complexity index is 455. The van der Waals surface area contributed by atoms with E-state index in [0.29, 0.717) is 13.0 Å². The Morgan fingerprint density at radius 3 is 2.63 bits per heavy atom. The highest BCUT2D eigenvalue weighted by Gasteiger charge is 2.21. The molecule has 0 amide bonds. The highest BCUT2D eigenvalue weighted by Crippen LogP contribution is 2.31. The molecular formula is C13H17F2NO2S. The molecule has 0 heterocycles. The third-order valence-corrected chi connectivity index (χ3v) is 3.78. The standard InChI is InChI=1S/C13H17F2NO2S/c1-3-5-18-13(17)11(4-2)19-12-7-10(16)8(14)6-9(12)15/h6-7,11H,3-5,16H2,1-2H3. The van der Waals surface area contributed by atoms with Crippen molar-refractivity contribution in [1.29, 1.82) is 0 Å². The highest BCUT2D eigenvalue weighted by molar-refractivity contribution is 8.00. The molecule has 1 rings (SSSR count). The Balaban J connectivity index is 2.81. The van der Waals surface area contributed by atoms with E-state index in [4.69, 9.17) is 10.5 Å². The molecule has 1 aromatic carbocycles. The third-order valence-electron chi connectivity index (χ3n) is 2.40. The van der Waals surface area contributed by atoms with Gasteiger partial charge in [-0.1, -0.05) is 13.8 Å². The van der Waals surface area contributed by atoms with Gasteiger partial charge in [0.25, 0.3) is 0 Å². The zero-order valence-corrected chi connectivity index (χ0v) is 11.7. The maximum atomic E-state index is 13.6. The first kappa shape index (κ1) is 15.8. The minimum Gasteiger partial charge on any atom is -0.465 e. The molecule has 3 nitrogen and oxygen atoms in total. The van der Waals surface area contributed by atoms with E-state index in [2.05, 4.69) is 0 Å². The number of carbonyl (C=O) groups is 1. The molecule has 0 radical (unpaired) electrons. The summed E-state index contributed by atoms with van der Waals surface area (Å²) in [6.45, 7) is 4.03. The van der Waals surface area contributed by atoms with Gasteiger partial charge in [0.05, 0.1) is 12.3 Å². The molecule has 0 saturated carbocycles. The topological polar surface area (TPSA) is 52.3 Å². The largest absolute Gasteiger partial charge is 0.465 e. The lowest BCUT2D eigenvalue weighted by Gasteiger charge is -2.14. The van der Waals surface area contributed by atoms with Gasteiger partial charge in [0.1, 0.15) is 16.9 Å². The predicted octanol–water partition coefficient (Wildman–Crippen LogP) is 3.37. The van der Waals surface area contributed by atoms with Crippen molar-refractivity contribution in [2.45, 2.75) is 36.8 Å². The minimum atomic E-state index is -0.802. The van der Waals surface area contributed by atoms with Crippen LogP contribution in [-0.4, -0.2) is 17.8 Å². The number of benzene rings is 1. The smallest absolute Gasteiger partial charge is 0.319 e. The fourth-order valence-electron chi connectivity index (χ4n) is 1.38. The second kappa shape index (κ2) is 7.33. The maximum Gasteiger partial charge on any atom is 0.319 e. The van der Waals surface area contributed by atoms with Crippen molar-refractivity contribution in [3.8, 4) is 0 Å². The minimum absolute atomic E-state index is 0.138. The molecule has 19 heavy (non-hydrogen) atoms. The fraction of sp³-hybridized carbons (Fsp3) is 0.462. The van der Waals surface area contributed by atoms with Gasteiger partial charge in [0.15, 0.2) is 0 Å². The summed E-state index contributed by atoms with van der Waals surface area (Å²) in [5.41, 5.74) is 5.25. The van der Waals surface area contributed by atoms with E-state index in [0.717, 1.165) is 24.2 Å². The van der Waals surface area contributed by atoms with Crippen LogP contribution in [0.1, 0.15) is 26.7 Å². The highest BCUT2D eigenvalue weighted by atomic mass is 32.2. The number of ether oxygens (including phenoxy) is 1. The molecule has 2 N–H and O–H groups in total. The number of rotatable bonds is 6. The van der Waals surface area contributed by atoms with E-state index in [-0.39, 0.29) is 10.6 Å². The van der Waals surface area contributed by atoms with Crippen LogP contribution in [-0.2, 0) is 9.53 Å². The molecule has 0 aliphatic rings. The number of nitrogens with two attached hydrogens (primary N) is 1. The molecule has 1 aromatic rings. The average molecular weight is 289 g/mol. The van der Waals surface area contributed by atoms with E-state index in [1.54, 1.807) is 6.92 Å². The van der Waals surface area contributed by atoms with Crippen LogP contribution in [0.3, 0.4) is 0 Å². The SMILES string of the molecule is CCCOC(=O)C(CC)Sc1cc(N)c(F)cc1F. The molecule has 0 fully saturated rings. The van der Waals surface area contributed by atoms with Crippen LogP contribution in [0.15, 0.2) is 17.0 Å². The van der Waals surface area contributed by atoms with E-state index < -0.39 is 22.9 Å². The molecule has 6 heteroatoms. The van der Waals surface area contributed by atoms with Crippen LogP contribution in [0, 0.1) is 11.6 Å². The molecule has 0 aliphatic carbocycles. The maximum absolute atomic E-state index is 13.6. The zero-order chi connectivity index (χ0) is 14.4. The van der Waals surface area contributed by atoms with Crippen LogP contribution in [0.4, 0.5) is 14.5 Å². The van der Waals surface area contributed by atoms with Crippen LogP contribution >= 0.6 is 11.8 Å². The Labute approximate surface area is 115 Å². The van der Waals surface area contributed by atoms with Gasteiger partial charge in [-0.2, -0.15) is 0 Å². The van der Waals surface area contributed by atoms with Crippen LogP contribution in [0.5, 0.6) is 0 Å². The molecule has 0 aromatic heterocycles. The number of thioether (sulfide) groups is 1. The predicted molar refractivity (Wildman–Crippen MR) is 72.0 cm³/mol. The van der Waals surface area contributed by atoms with Crippen molar-refractivity contribution in [3.63, 3.8) is 0 Å². The first-order chi connectivity index (χ1) is 8.99. The number of halogens is 2. The van der Waals surface area contributed by atoms with Crippen LogP contribution in [0.25, 0.3) is 0 Å².